The van der Waals surface area contributed by atoms with Crippen molar-refractivity contribution in [3.8, 4) is 5.75 Å². The molecule has 0 radical (unpaired) electrons. The number of hydrogen-bond acceptors (Lipinski definition) is 6. The number of hydrogen-bond donors (Lipinski definition) is 2. The van der Waals surface area contributed by atoms with Crippen LogP contribution in [0.1, 0.15) is 42.4 Å². The second-order valence-corrected chi connectivity index (χ2v) is 10.5. The van der Waals surface area contributed by atoms with E-state index in [0.717, 1.165) is 54.9 Å². The van der Waals surface area contributed by atoms with Gasteiger partial charge in [-0.1, -0.05) is 18.2 Å². The molecule has 3 aliphatic heterocycles. The Hall–Kier alpha value is -3.63. The molecule has 1 saturated heterocycles. The number of fused-ring (bicyclic) bond motifs is 13. The van der Waals surface area contributed by atoms with Crippen molar-refractivity contribution in [2.75, 3.05) is 20.3 Å². The van der Waals surface area contributed by atoms with Crippen LogP contribution in [0.2, 0.25) is 0 Å². The number of benzene rings is 3. The summed E-state index contributed by atoms with van der Waals surface area (Å²) in [5, 5.41) is 19.1. The monoisotopic (exact) mass is 513 g/mol. The van der Waals surface area contributed by atoms with Crippen LogP contribution >= 0.6 is 0 Å². The lowest BCUT2D eigenvalue weighted by Gasteiger charge is -2.39. The van der Waals surface area contributed by atoms with Crippen LogP contribution in [0.25, 0.3) is 43.6 Å². The zero-order valence-corrected chi connectivity index (χ0v) is 21.3. The molecule has 3 aromatic carbocycles. The lowest BCUT2D eigenvalue weighted by molar-refractivity contribution is -0.315. The second-order valence-electron chi connectivity index (χ2n) is 10.5. The minimum Gasteiger partial charge on any atom is -0.494 e. The third kappa shape index (κ3) is 2.44. The maximum Gasteiger partial charge on any atom is 0.252 e. The van der Waals surface area contributed by atoms with Crippen LogP contribution in [0, 0.1) is 0 Å². The van der Waals surface area contributed by atoms with Crippen LogP contribution < -0.4 is 10.1 Å². The van der Waals surface area contributed by atoms with Crippen molar-refractivity contribution in [2.45, 2.75) is 44.4 Å². The van der Waals surface area contributed by atoms with Crippen LogP contribution in [0.4, 0.5) is 0 Å². The van der Waals surface area contributed by atoms with Gasteiger partial charge >= 0.3 is 0 Å². The van der Waals surface area contributed by atoms with Gasteiger partial charge in [-0.3, -0.25) is 4.79 Å². The van der Waals surface area contributed by atoms with Crippen molar-refractivity contribution in [3.63, 3.8) is 0 Å². The van der Waals surface area contributed by atoms with Gasteiger partial charge in [0.1, 0.15) is 24.2 Å². The molecule has 9 heteroatoms. The smallest absolute Gasteiger partial charge is 0.252 e. The van der Waals surface area contributed by atoms with E-state index in [1.165, 1.54) is 7.11 Å². The van der Waals surface area contributed by atoms with E-state index in [4.69, 9.17) is 19.2 Å². The third-order valence-electron chi connectivity index (χ3n) is 8.76. The number of carbonyl (C=O) groups is 1. The summed E-state index contributed by atoms with van der Waals surface area (Å²) < 4.78 is 17.0. The third-order valence-corrected chi connectivity index (χ3v) is 8.76. The molecule has 194 valence electrons. The van der Waals surface area contributed by atoms with E-state index < -0.39 is 17.6 Å². The van der Waals surface area contributed by atoms with Gasteiger partial charge in [0.25, 0.3) is 5.91 Å². The van der Waals surface area contributed by atoms with Crippen molar-refractivity contribution in [1.29, 1.82) is 0 Å². The van der Waals surface area contributed by atoms with E-state index >= 15 is 0 Å². The fraction of sp³-hybridized carbons (Fsp3) is 0.345. The summed E-state index contributed by atoms with van der Waals surface area (Å²) in [6.07, 6.45) is -0.233. The van der Waals surface area contributed by atoms with Crippen LogP contribution in [-0.2, 0) is 26.8 Å². The minimum atomic E-state index is -1.40. The van der Waals surface area contributed by atoms with Gasteiger partial charge < -0.3 is 29.0 Å². The molecular formula is C29H27N3O6. The zero-order chi connectivity index (χ0) is 26.0. The number of nitrogens with one attached hydrogen (secondary N) is 1. The molecule has 1 fully saturated rings. The molecule has 0 spiro atoms. The molecular weight excluding hydrogens is 486 g/mol. The second kappa shape index (κ2) is 7.27. The average Bonchev–Trinajstić information content (AvgIpc) is 3.60. The largest absolute Gasteiger partial charge is 0.494 e. The summed E-state index contributed by atoms with van der Waals surface area (Å²) in [7, 11) is 1.44. The molecule has 5 heterocycles. The molecule has 2 aromatic heterocycles. The van der Waals surface area contributed by atoms with E-state index in [0.29, 0.717) is 18.7 Å². The predicted octanol–water partition coefficient (Wildman–Crippen LogP) is 4.46. The van der Waals surface area contributed by atoms with Crippen LogP contribution in [0.5, 0.6) is 5.75 Å². The van der Waals surface area contributed by atoms with Gasteiger partial charge in [0.05, 0.1) is 41.3 Å². The molecule has 0 saturated carbocycles. The van der Waals surface area contributed by atoms with Crippen molar-refractivity contribution in [2.24, 2.45) is 0 Å². The highest BCUT2D eigenvalue weighted by atomic mass is 17.2. The number of rotatable bonds is 5. The van der Waals surface area contributed by atoms with Crippen molar-refractivity contribution in [1.82, 2.24) is 14.5 Å². The normalized spacial score (nSPS) is 25.7. The van der Waals surface area contributed by atoms with Gasteiger partial charge in [0, 0.05) is 34.5 Å². The van der Waals surface area contributed by atoms with Gasteiger partial charge in [-0.2, -0.15) is 0 Å². The Kier molecular flexibility index (Phi) is 4.28. The van der Waals surface area contributed by atoms with Crippen LogP contribution in [0.3, 0.4) is 0 Å². The molecule has 1 amide bonds. The summed E-state index contributed by atoms with van der Waals surface area (Å²) in [6, 6.07) is 14.1. The Bertz CT molecular complexity index is 1850. The number of amides is 1. The zero-order valence-electron chi connectivity index (χ0n) is 21.3. The summed E-state index contributed by atoms with van der Waals surface area (Å²) in [4.78, 5) is 23.7. The van der Waals surface area contributed by atoms with E-state index in [1.54, 1.807) is 0 Å². The van der Waals surface area contributed by atoms with E-state index in [1.807, 2.05) is 50.2 Å². The lowest BCUT2D eigenvalue weighted by atomic mass is 9.89. The van der Waals surface area contributed by atoms with Crippen molar-refractivity contribution < 1.29 is 29.1 Å². The Balaban J connectivity index is 1.64. The Labute approximate surface area is 217 Å². The number of nitrogens with zero attached hydrogens (tertiary/aromatic N) is 2. The molecule has 3 unspecified atom stereocenters. The topological polar surface area (TPSA) is 96.1 Å². The summed E-state index contributed by atoms with van der Waals surface area (Å²) in [5.41, 5.74) is 2.79. The van der Waals surface area contributed by atoms with E-state index in [-0.39, 0.29) is 18.9 Å². The summed E-state index contributed by atoms with van der Waals surface area (Å²) >= 11 is 0. The van der Waals surface area contributed by atoms with E-state index in [9.17, 15) is 9.90 Å². The minimum absolute atomic E-state index is 0.0678. The molecule has 3 aliphatic rings. The Morgan fingerprint density at radius 3 is 2.79 bits per heavy atom. The highest BCUT2D eigenvalue weighted by molar-refractivity contribution is 6.31. The van der Waals surface area contributed by atoms with Gasteiger partial charge in [0.15, 0.2) is 5.72 Å². The van der Waals surface area contributed by atoms with Gasteiger partial charge in [-0.05, 0) is 43.7 Å². The van der Waals surface area contributed by atoms with Gasteiger partial charge in [-0.15, -0.1) is 0 Å². The quantitative estimate of drug-likeness (QED) is 0.266. The maximum absolute atomic E-state index is 13.4. The first-order valence-corrected chi connectivity index (χ1v) is 12.9. The van der Waals surface area contributed by atoms with Gasteiger partial charge in [-0.25, -0.2) is 9.78 Å². The molecule has 8 rings (SSSR count). The van der Waals surface area contributed by atoms with Crippen LogP contribution in [-0.4, -0.2) is 46.1 Å². The highest BCUT2D eigenvalue weighted by Crippen LogP contribution is 2.57. The Morgan fingerprint density at radius 1 is 1.13 bits per heavy atom. The number of carbonyl (C=O) groups excluding carboxylic acids is 1. The maximum atomic E-state index is 13.4. The van der Waals surface area contributed by atoms with E-state index in [2.05, 4.69) is 20.5 Å². The van der Waals surface area contributed by atoms with Gasteiger partial charge in [0.2, 0.25) is 0 Å². The standard InChI is InChI=1S/C29H27N3O6/c1-4-36-15-9-10-19-17(11-15)23-24-18(13-30-27(24)33)22-16-7-5-6-8-20(16)32-26(22)25(23)31(19)21-12-29(34,14-37-35-3)28(32,2)38-21/h5-11,21,34H,4,12-14H2,1-3H3,(H,30,33). The first kappa shape index (κ1) is 22.4. The number of aromatic nitrogens is 2. The van der Waals surface area contributed by atoms with Crippen molar-refractivity contribution >= 4 is 49.5 Å². The van der Waals surface area contributed by atoms with Crippen LogP contribution in [0.15, 0.2) is 42.5 Å². The summed E-state index contributed by atoms with van der Waals surface area (Å²) in [5.74, 6) is 0.664. The first-order chi connectivity index (χ1) is 18.4. The molecule has 5 aromatic rings. The first-order valence-electron chi connectivity index (χ1n) is 12.9. The molecule has 9 nitrogen and oxygen atoms in total. The average molecular weight is 514 g/mol. The SMILES string of the molecule is CCOc1ccc2c(c1)c1c3c(c4c5ccccc5n5c4c1n2C1CC(O)(COOC)C5(C)O1)CNC3=O. The molecule has 0 aliphatic carbocycles. The molecule has 3 atom stereocenters. The molecule has 2 N–H and O–H groups in total. The molecule has 2 bridgehead atoms. The fourth-order valence-corrected chi connectivity index (χ4v) is 7.16. The molecule has 38 heavy (non-hydrogen) atoms. The highest BCUT2D eigenvalue weighted by Gasteiger charge is 2.61. The number of para-hydroxylation sites is 1. The lowest BCUT2D eigenvalue weighted by Crippen LogP contribution is -2.53. The fourth-order valence-electron chi connectivity index (χ4n) is 7.16. The van der Waals surface area contributed by atoms with Crippen molar-refractivity contribution in [3.05, 3.63) is 53.6 Å². The predicted molar refractivity (Wildman–Crippen MR) is 141 cm³/mol. The Morgan fingerprint density at radius 2 is 1.97 bits per heavy atom. The number of ether oxygens (including phenoxy) is 2. The number of aliphatic hydroxyl groups is 1. The summed E-state index contributed by atoms with van der Waals surface area (Å²) in [6.45, 7) is 4.78.